The second-order valence-electron chi connectivity index (χ2n) is 6.52. The fraction of sp³-hybridized carbons (Fsp3) is 0.143. The van der Waals surface area contributed by atoms with Gasteiger partial charge in [-0.05, 0) is 56.3 Å². The topological polar surface area (TPSA) is 34.9 Å². The summed E-state index contributed by atoms with van der Waals surface area (Å²) < 4.78 is 3.93. The molecule has 2 heterocycles. The van der Waals surface area contributed by atoms with E-state index in [0.717, 1.165) is 31.6 Å². The Kier molecular flexibility index (Phi) is 5.96. The fourth-order valence-corrected chi connectivity index (χ4v) is 5.60. The van der Waals surface area contributed by atoms with Crippen molar-refractivity contribution in [3.05, 3.63) is 74.5 Å². The van der Waals surface area contributed by atoms with Crippen LogP contribution in [-0.2, 0) is 0 Å². The maximum Gasteiger partial charge on any atom is 0.174 e. The van der Waals surface area contributed by atoms with Crippen LogP contribution in [0, 0.1) is 13.8 Å². The van der Waals surface area contributed by atoms with Gasteiger partial charge < -0.3 is 4.57 Å². The van der Waals surface area contributed by atoms with Crippen molar-refractivity contribution in [2.75, 3.05) is 5.75 Å². The number of fused-ring (bicyclic) bond motifs is 1. The highest BCUT2D eigenvalue weighted by molar-refractivity contribution is 8.01. The quantitative estimate of drug-likeness (QED) is 0.217. The number of aryl methyl sites for hydroxylation is 1. The molecule has 0 saturated heterocycles. The maximum atomic E-state index is 12.9. The number of thiazole rings is 1. The van der Waals surface area contributed by atoms with Crippen LogP contribution in [0.25, 0.3) is 15.9 Å². The van der Waals surface area contributed by atoms with Gasteiger partial charge in [0, 0.05) is 27.7 Å². The molecule has 2 aromatic heterocycles. The average molecular weight is 482 g/mol. The van der Waals surface area contributed by atoms with Crippen molar-refractivity contribution in [2.45, 2.75) is 18.2 Å². The van der Waals surface area contributed by atoms with E-state index in [0.29, 0.717) is 26.4 Å². The number of Topliss-reactive ketones (excluding diaryl/α,β-unsaturated/α-hetero) is 1. The third-order valence-corrected chi connectivity index (χ3v) is 7.70. The molecule has 0 aliphatic rings. The standard InChI is InChI=1S/C21H15Cl3N2OS2/c1-11-7-15(12(2)26(11)14-4-5-16(23)17(24)9-14)19(27)10-28-21-25-18-8-13(22)3-6-20(18)29-21/h3-9H,10H2,1-2H3. The second-order valence-corrected chi connectivity index (χ2v) is 10.0. The van der Waals surface area contributed by atoms with Gasteiger partial charge in [0.25, 0.3) is 0 Å². The van der Waals surface area contributed by atoms with Gasteiger partial charge in [-0.1, -0.05) is 46.6 Å². The maximum absolute atomic E-state index is 12.9. The summed E-state index contributed by atoms with van der Waals surface area (Å²) in [6.45, 7) is 3.91. The molecule has 0 aliphatic heterocycles. The lowest BCUT2D eigenvalue weighted by atomic mass is 10.2. The zero-order valence-corrected chi connectivity index (χ0v) is 19.4. The number of hydrogen-bond acceptors (Lipinski definition) is 4. The van der Waals surface area contributed by atoms with E-state index in [-0.39, 0.29) is 5.78 Å². The summed E-state index contributed by atoms with van der Waals surface area (Å²) in [6, 6.07) is 13.0. The van der Waals surface area contributed by atoms with Crippen LogP contribution >= 0.6 is 57.9 Å². The Morgan fingerprint density at radius 2 is 1.86 bits per heavy atom. The van der Waals surface area contributed by atoms with E-state index in [1.807, 2.05) is 48.7 Å². The van der Waals surface area contributed by atoms with Gasteiger partial charge in [0.15, 0.2) is 10.1 Å². The number of rotatable bonds is 5. The van der Waals surface area contributed by atoms with Crippen LogP contribution in [0.2, 0.25) is 15.1 Å². The number of benzene rings is 2. The number of aromatic nitrogens is 2. The predicted molar refractivity (Wildman–Crippen MR) is 125 cm³/mol. The van der Waals surface area contributed by atoms with Crippen molar-refractivity contribution < 1.29 is 4.79 Å². The molecule has 0 saturated carbocycles. The number of carbonyl (C=O) groups excluding carboxylic acids is 1. The van der Waals surface area contributed by atoms with Crippen molar-refractivity contribution in [3.8, 4) is 5.69 Å². The zero-order chi connectivity index (χ0) is 20.7. The molecule has 0 spiro atoms. The minimum atomic E-state index is 0.0618. The Balaban J connectivity index is 1.56. The summed E-state index contributed by atoms with van der Waals surface area (Å²) in [6.07, 6.45) is 0. The Labute approximate surface area is 191 Å². The first kappa shape index (κ1) is 20.8. The third kappa shape index (κ3) is 4.21. The number of nitrogens with zero attached hydrogens (tertiary/aromatic N) is 2. The van der Waals surface area contributed by atoms with E-state index in [2.05, 4.69) is 4.98 Å². The van der Waals surface area contributed by atoms with E-state index in [1.54, 1.807) is 23.5 Å². The Morgan fingerprint density at radius 3 is 2.62 bits per heavy atom. The van der Waals surface area contributed by atoms with Crippen LogP contribution in [0.1, 0.15) is 21.7 Å². The summed E-state index contributed by atoms with van der Waals surface area (Å²) in [5, 5.41) is 1.64. The minimum Gasteiger partial charge on any atom is -0.318 e. The highest BCUT2D eigenvalue weighted by Crippen LogP contribution is 2.32. The highest BCUT2D eigenvalue weighted by atomic mass is 35.5. The molecule has 8 heteroatoms. The number of ketones is 1. The van der Waals surface area contributed by atoms with Crippen molar-refractivity contribution in [1.29, 1.82) is 0 Å². The van der Waals surface area contributed by atoms with Gasteiger partial charge in [-0.2, -0.15) is 0 Å². The van der Waals surface area contributed by atoms with E-state index < -0.39 is 0 Å². The molecule has 0 atom stereocenters. The smallest absolute Gasteiger partial charge is 0.174 e. The minimum absolute atomic E-state index is 0.0618. The normalized spacial score (nSPS) is 11.3. The van der Waals surface area contributed by atoms with Crippen molar-refractivity contribution in [1.82, 2.24) is 9.55 Å². The molecule has 4 aromatic rings. The van der Waals surface area contributed by atoms with Crippen LogP contribution in [0.3, 0.4) is 0 Å². The van der Waals surface area contributed by atoms with Gasteiger partial charge in [-0.25, -0.2) is 4.98 Å². The lowest BCUT2D eigenvalue weighted by Gasteiger charge is -2.11. The summed E-state index contributed by atoms with van der Waals surface area (Å²) in [4.78, 5) is 17.5. The summed E-state index contributed by atoms with van der Waals surface area (Å²) in [7, 11) is 0. The van der Waals surface area contributed by atoms with Gasteiger partial charge >= 0.3 is 0 Å². The van der Waals surface area contributed by atoms with E-state index in [1.165, 1.54) is 11.8 Å². The molecular weight excluding hydrogens is 467 g/mol. The monoisotopic (exact) mass is 480 g/mol. The van der Waals surface area contributed by atoms with E-state index >= 15 is 0 Å². The predicted octanol–water partition coefficient (Wildman–Crippen LogP) is 7.64. The van der Waals surface area contributed by atoms with Crippen molar-refractivity contribution in [2.24, 2.45) is 0 Å². The van der Waals surface area contributed by atoms with Crippen LogP contribution < -0.4 is 0 Å². The summed E-state index contributed by atoms with van der Waals surface area (Å²) in [5.41, 5.74) is 4.27. The summed E-state index contributed by atoms with van der Waals surface area (Å²) in [5.74, 6) is 0.380. The molecule has 0 amide bonds. The second kappa shape index (κ2) is 8.32. The zero-order valence-electron chi connectivity index (χ0n) is 15.5. The molecule has 0 bridgehead atoms. The van der Waals surface area contributed by atoms with Crippen molar-refractivity contribution >= 4 is 73.9 Å². The molecule has 0 unspecified atom stereocenters. The lowest BCUT2D eigenvalue weighted by molar-refractivity contribution is 0.102. The number of hydrogen-bond donors (Lipinski definition) is 0. The van der Waals surface area contributed by atoms with Crippen LogP contribution in [-0.4, -0.2) is 21.1 Å². The first-order valence-electron chi connectivity index (χ1n) is 8.70. The average Bonchev–Trinajstić information content (AvgIpc) is 3.21. The van der Waals surface area contributed by atoms with Gasteiger partial charge in [0.1, 0.15) is 0 Å². The fourth-order valence-electron chi connectivity index (χ4n) is 3.21. The van der Waals surface area contributed by atoms with Gasteiger partial charge in [-0.15, -0.1) is 11.3 Å². The molecule has 3 nitrogen and oxygen atoms in total. The van der Waals surface area contributed by atoms with E-state index in [9.17, 15) is 4.79 Å². The van der Waals surface area contributed by atoms with Crippen LogP contribution in [0.5, 0.6) is 0 Å². The SMILES string of the molecule is Cc1cc(C(=O)CSc2nc3cc(Cl)ccc3s2)c(C)n1-c1ccc(Cl)c(Cl)c1. The van der Waals surface area contributed by atoms with Gasteiger partial charge in [0.2, 0.25) is 0 Å². The molecular formula is C21H15Cl3N2OS2. The lowest BCUT2D eigenvalue weighted by Crippen LogP contribution is -2.05. The Morgan fingerprint density at radius 1 is 1.07 bits per heavy atom. The van der Waals surface area contributed by atoms with Crippen LogP contribution in [0.4, 0.5) is 0 Å². The first-order valence-corrected chi connectivity index (χ1v) is 11.6. The molecule has 2 aromatic carbocycles. The molecule has 4 rings (SSSR count). The number of carbonyl (C=O) groups is 1. The Bertz CT molecular complexity index is 1250. The van der Waals surface area contributed by atoms with Gasteiger partial charge in [-0.3, -0.25) is 4.79 Å². The summed E-state index contributed by atoms with van der Waals surface area (Å²) >= 11 is 21.2. The Hall–Kier alpha value is -1.50. The molecule has 0 fully saturated rings. The number of halogens is 3. The molecule has 0 aliphatic carbocycles. The first-order chi connectivity index (χ1) is 13.8. The number of thioether (sulfide) groups is 1. The largest absolute Gasteiger partial charge is 0.318 e. The molecule has 0 radical (unpaired) electrons. The van der Waals surface area contributed by atoms with E-state index in [4.69, 9.17) is 34.8 Å². The van der Waals surface area contributed by atoms with Gasteiger partial charge in [0.05, 0.1) is 26.0 Å². The van der Waals surface area contributed by atoms with Crippen molar-refractivity contribution in [3.63, 3.8) is 0 Å². The molecule has 0 N–H and O–H groups in total. The molecule has 29 heavy (non-hydrogen) atoms. The molecule has 148 valence electrons. The van der Waals surface area contributed by atoms with Crippen LogP contribution in [0.15, 0.2) is 46.8 Å². The third-order valence-electron chi connectivity index (χ3n) is 4.55. The highest BCUT2D eigenvalue weighted by Gasteiger charge is 2.18.